The molecule has 1 aliphatic carbocycles. The standard InChI is InChI=1S/C8H10N2O4/c11-7(12)4-13-3-6-9-8(10-14-6)5-1-2-5/h5H,1-4H2,(H,11,12). The highest BCUT2D eigenvalue weighted by molar-refractivity contribution is 5.67. The van der Waals surface area contributed by atoms with Crippen molar-refractivity contribution in [1.29, 1.82) is 0 Å². The summed E-state index contributed by atoms with van der Waals surface area (Å²) >= 11 is 0. The van der Waals surface area contributed by atoms with Gasteiger partial charge in [-0.3, -0.25) is 0 Å². The molecule has 2 rings (SSSR count). The third-order valence-electron chi connectivity index (χ3n) is 1.88. The van der Waals surface area contributed by atoms with E-state index in [1.54, 1.807) is 0 Å². The summed E-state index contributed by atoms with van der Waals surface area (Å²) in [4.78, 5) is 14.2. The maximum Gasteiger partial charge on any atom is 0.329 e. The first-order valence-electron chi connectivity index (χ1n) is 4.37. The molecule has 1 heterocycles. The number of carboxylic acid groups (broad SMARTS) is 1. The molecule has 14 heavy (non-hydrogen) atoms. The molecule has 0 saturated heterocycles. The van der Waals surface area contributed by atoms with Crippen LogP contribution >= 0.6 is 0 Å². The second kappa shape index (κ2) is 3.75. The number of hydrogen-bond donors (Lipinski definition) is 1. The van der Waals surface area contributed by atoms with Crippen LogP contribution in [-0.4, -0.2) is 27.8 Å². The maximum atomic E-state index is 10.1. The third-order valence-corrected chi connectivity index (χ3v) is 1.88. The van der Waals surface area contributed by atoms with Crippen LogP contribution in [0.25, 0.3) is 0 Å². The minimum atomic E-state index is -1.01. The Morgan fingerprint density at radius 2 is 2.43 bits per heavy atom. The Hall–Kier alpha value is -1.43. The van der Waals surface area contributed by atoms with Crippen molar-refractivity contribution in [3.63, 3.8) is 0 Å². The second-order valence-corrected chi connectivity index (χ2v) is 3.21. The average molecular weight is 198 g/mol. The van der Waals surface area contributed by atoms with Crippen LogP contribution in [0.1, 0.15) is 30.5 Å². The van der Waals surface area contributed by atoms with E-state index in [0.29, 0.717) is 17.6 Å². The van der Waals surface area contributed by atoms with Crippen LogP contribution in [0.2, 0.25) is 0 Å². The lowest BCUT2D eigenvalue weighted by molar-refractivity contribution is -0.142. The quantitative estimate of drug-likeness (QED) is 0.743. The van der Waals surface area contributed by atoms with Gasteiger partial charge in [0.05, 0.1) is 0 Å². The van der Waals surface area contributed by atoms with Gasteiger partial charge in [-0.1, -0.05) is 5.16 Å². The Morgan fingerprint density at radius 1 is 1.64 bits per heavy atom. The summed E-state index contributed by atoms with van der Waals surface area (Å²) in [5.74, 6) is 0.478. The van der Waals surface area contributed by atoms with Crippen LogP contribution < -0.4 is 0 Å². The third kappa shape index (κ3) is 2.29. The van der Waals surface area contributed by atoms with Crippen LogP contribution in [0.4, 0.5) is 0 Å². The van der Waals surface area contributed by atoms with E-state index in [9.17, 15) is 4.79 Å². The first-order valence-corrected chi connectivity index (χ1v) is 4.37. The SMILES string of the molecule is O=C(O)COCc1nc(C2CC2)no1. The van der Waals surface area contributed by atoms with Gasteiger partial charge in [-0.25, -0.2) is 4.79 Å². The number of rotatable bonds is 5. The lowest BCUT2D eigenvalue weighted by atomic mass is 10.4. The predicted molar refractivity (Wildman–Crippen MR) is 43.6 cm³/mol. The first kappa shape index (κ1) is 9.14. The molecule has 0 unspecified atom stereocenters. The number of carboxylic acids is 1. The minimum Gasteiger partial charge on any atom is -0.480 e. The number of carbonyl (C=O) groups is 1. The van der Waals surface area contributed by atoms with Crippen molar-refractivity contribution < 1.29 is 19.2 Å². The molecule has 0 atom stereocenters. The molecule has 1 saturated carbocycles. The lowest BCUT2D eigenvalue weighted by Gasteiger charge is -1.93. The van der Waals surface area contributed by atoms with E-state index in [1.807, 2.05) is 0 Å². The van der Waals surface area contributed by atoms with E-state index in [1.165, 1.54) is 0 Å². The van der Waals surface area contributed by atoms with Crippen LogP contribution in [-0.2, 0) is 16.1 Å². The van der Waals surface area contributed by atoms with Crippen molar-refractivity contribution in [2.75, 3.05) is 6.61 Å². The van der Waals surface area contributed by atoms with Gasteiger partial charge in [-0.2, -0.15) is 4.98 Å². The van der Waals surface area contributed by atoms with Gasteiger partial charge < -0.3 is 14.4 Å². The van der Waals surface area contributed by atoms with E-state index in [-0.39, 0.29) is 13.2 Å². The van der Waals surface area contributed by atoms with Crippen molar-refractivity contribution in [2.45, 2.75) is 25.4 Å². The highest BCUT2D eigenvalue weighted by Gasteiger charge is 2.28. The van der Waals surface area contributed by atoms with Crippen LogP contribution in [0.5, 0.6) is 0 Å². The molecule has 1 aliphatic rings. The predicted octanol–water partition coefficient (Wildman–Crippen LogP) is 0.548. The number of aromatic nitrogens is 2. The number of nitrogens with zero attached hydrogens (tertiary/aromatic N) is 2. The fourth-order valence-corrected chi connectivity index (χ4v) is 1.06. The Balaban J connectivity index is 1.80. The smallest absolute Gasteiger partial charge is 0.329 e. The molecule has 0 aliphatic heterocycles. The summed E-state index contributed by atoms with van der Waals surface area (Å²) in [6.45, 7) is -0.285. The number of aliphatic carboxylic acids is 1. The molecule has 0 amide bonds. The summed E-state index contributed by atoms with van der Waals surface area (Å²) in [5.41, 5.74) is 0. The monoisotopic (exact) mass is 198 g/mol. The lowest BCUT2D eigenvalue weighted by Crippen LogP contribution is -2.06. The molecular formula is C8H10N2O4. The summed E-state index contributed by atoms with van der Waals surface area (Å²) < 4.78 is 9.67. The van der Waals surface area contributed by atoms with E-state index < -0.39 is 5.97 Å². The summed E-state index contributed by atoms with van der Waals surface area (Å²) in [6, 6.07) is 0. The highest BCUT2D eigenvalue weighted by Crippen LogP contribution is 2.38. The van der Waals surface area contributed by atoms with E-state index in [2.05, 4.69) is 10.1 Å². The first-order chi connectivity index (χ1) is 6.75. The largest absolute Gasteiger partial charge is 0.480 e. The molecule has 6 nitrogen and oxygen atoms in total. The zero-order valence-electron chi connectivity index (χ0n) is 7.47. The highest BCUT2D eigenvalue weighted by atomic mass is 16.5. The molecule has 1 fully saturated rings. The van der Waals surface area contributed by atoms with Gasteiger partial charge in [0.2, 0.25) is 0 Å². The Kier molecular flexibility index (Phi) is 2.45. The fourth-order valence-electron chi connectivity index (χ4n) is 1.06. The molecule has 1 aromatic rings. The summed E-state index contributed by atoms with van der Waals surface area (Å²) in [7, 11) is 0. The van der Waals surface area contributed by atoms with Gasteiger partial charge in [-0.05, 0) is 12.8 Å². The topological polar surface area (TPSA) is 85.5 Å². The number of hydrogen-bond acceptors (Lipinski definition) is 5. The zero-order chi connectivity index (χ0) is 9.97. The van der Waals surface area contributed by atoms with Crippen molar-refractivity contribution in [3.8, 4) is 0 Å². The summed E-state index contributed by atoms with van der Waals surface area (Å²) in [6.07, 6.45) is 2.21. The van der Waals surface area contributed by atoms with Crippen molar-refractivity contribution in [3.05, 3.63) is 11.7 Å². The molecule has 0 spiro atoms. The van der Waals surface area contributed by atoms with E-state index >= 15 is 0 Å². The molecule has 6 heteroatoms. The van der Waals surface area contributed by atoms with Crippen molar-refractivity contribution in [1.82, 2.24) is 10.1 Å². The number of ether oxygens (including phenoxy) is 1. The van der Waals surface area contributed by atoms with Gasteiger partial charge in [0.1, 0.15) is 13.2 Å². The average Bonchev–Trinajstić information content (AvgIpc) is 2.87. The van der Waals surface area contributed by atoms with Gasteiger partial charge in [0, 0.05) is 5.92 Å². The summed E-state index contributed by atoms with van der Waals surface area (Å²) in [5, 5.41) is 12.1. The normalized spacial score (nSPS) is 15.7. The fraction of sp³-hybridized carbons (Fsp3) is 0.625. The second-order valence-electron chi connectivity index (χ2n) is 3.21. The molecule has 0 aromatic carbocycles. The maximum absolute atomic E-state index is 10.1. The van der Waals surface area contributed by atoms with Crippen LogP contribution in [0.3, 0.4) is 0 Å². The van der Waals surface area contributed by atoms with Crippen LogP contribution in [0, 0.1) is 0 Å². The van der Waals surface area contributed by atoms with Crippen molar-refractivity contribution in [2.24, 2.45) is 0 Å². The Labute approximate surface area is 79.9 Å². The van der Waals surface area contributed by atoms with Gasteiger partial charge in [-0.15, -0.1) is 0 Å². The van der Waals surface area contributed by atoms with Crippen molar-refractivity contribution >= 4 is 5.97 Å². The molecule has 76 valence electrons. The zero-order valence-corrected chi connectivity index (χ0v) is 7.47. The van der Waals surface area contributed by atoms with Gasteiger partial charge in [0.15, 0.2) is 5.82 Å². The Morgan fingerprint density at radius 3 is 3.07 bits per heavy atom. The molecule has 0 radical (unpaired) electrons. The van der Waals surface area contributed by atoms with Gasteiger partial charge in [0.25, 0.3) is 5.89 Å². The molecule has 0 bridgehead atoms. The van der Waals surface area contributed by atoms with Crippen LogP contribution in [0.15, 0.2) is 4.52 Å². The van der Waals surface area contributed by atoms with Gasteiger partial charge >= 0.3 is 5.97 Å². The molecular weight excluding hydrogens is 188 g/mol. The molecule has 1 aromatic heterocycles. The van der Waals surface area contributed by atoms with E-state index in [4.69, 9.17) is 14.4 Å². The Bertz CT molecular complexity index is 332. The minimum absolute atomic E-state index is 0.0615. The molecule has 1 N–H and O–H groups in total. The van der Waals surface area contributed by atoms with E-state index in [0.717, 1.165) is 12.8 Å².